The molecule has 0 aliphatic rings. The Labute approximate surface area is 309 Å². The third kappa shape index (κ3) is 4.89. The average Bonchev–Trinajstić information content (AvgIpc) is 3.84. The van der Waals surface area contributed by atoms with E-state index in [1.54, 1.807) is 12.3 Å². The van der Waals surface area contributed by atoms with E-state index in [9.17, 15) is 13.2 Å². The summed E-state index contributed by atoms with van der Waals surface area (Å²) in [5.41, 5.74) is 6.67. The van der Waals surface area contributed by atoms with E-state index in [2.05, 4.69) is 33.8 Å². The average molecular weight is 863 g/mol. The normalized spacial score (nSPS) is 12.0. The standard InChI is InChI=1S/C43H24F3N5.Pt/c44-43(45,46)27-10-7-11-28(25-27)50-37-19-9-14-29(41(37)49-42(50)34-16-8-15-33-30-12-1-3-17-35(30)48-40(33)34)26-21-22-32-31-13-2-4-18-36(31)51(38(32)24-26)39-20-5-6-23-47-39;/h1-23,25H;/q-2;+2. The van der Waals surface area contributed by atoms with Crippen LogP contribution in [0.1, 0.15) is 5.56 Å². The van der Waals surface area contributed by atoms with Crippen molar-refractivity contribution in [3.63, 3.8) is 0 Å². The van der Waals surface area contributed by atoms with Crippen LogP contribution in [0.5, 0.6) is 0 Å². The van der Waals surface area contributed by atoms with Gasteiger partial charge >= 0.3 is 27.2 Å². The summed E-state index contributed by atoms with van der Waals surface area (Å²) in [6.07, 6.45) is -2.74. The van der Waals surface area contributed by atoms with Gasteiger partial charge in [-0.3, -0.25) is 4.57 Å². The van der Waals surface area contributed by atoms with Crippen molar-refractivity contribution < 1.29 is 34.2 Å². The molecule has 0 unspecified atom stereocenters. The number of hydrogen-bond acceptors (Lipinski definition) is 2. The van der Waals surface area contributed by atoms with Crippen LogP contribution in [0.25, 0.3) is 88.7 Å². The van der Waals surface area contributed by atoms with Gasteiger partial charge < -0.3 is 9.55 Å². The molecule has 9 heteroatoms. The van der Waals surface area contributed by atoms with Crippen molar-refractivity contribution in [2.45, 2.75) is 6.18 Å². The first-order valence-electron chi connectivity index (χ1n) is 16.4. The van der Waals surface area contributed by atoms with Crippen LogP contribution < -0.4 is 4.98 Å². The minimum absolute atomic E-state index is 0. The number of fused-ring (bicyclic) bond motifs is 7. The molecule has 0 atom stereocenters. The van der Waals surface area contributed by atoms with Crippen LogP contribution in [0, 0.1) is 6.07 Å². The Hall–Kier alpha value is -5.98. The summed E-state index contributed by atoms with van der Waals surface area (Å²) in [4.78, 5) is 14.9. The van der Waals surface area contributed by atoms with Crippen molar-refractivity contribution in [3.8, 4) is 34.0 Å². The fourth-order valence-corrected chi connectivity index (χ4v) is 7.33. The Bertz CT molecular complexity index is 2980. The monoisotopic (exact) mass is 862 g/mol. The summed E-state index contributed by atoms with van der Waals surface area (Å²) in [7, 11) is 0. The molecule has 0 amide bonds. The smallest absolute Gasteiger partial charge is 0.656 e. The first-order valence-corrected chi connectivity index (χ1v) is 16.4. The Morgan fingerprint density at radius 3 is 2.19 bits per heavy atom. The minimum Gasteiger partial charge on any atom is -0.656 e. The molecule has 10 aromatic rings. The van der Waals surface area contributed by atoms with E-state index in [0.717, 1.165) is 72.2 Å². The second-order valence-electron chi connectivity index (χ2n) is 12.5. The molecule has 0 spiro atoms. The maximum absolute atomic E-state index is 14.1. The Kier molecular flexibility index (Phi) is 7.42. The molecule has 0 aliphatic carbocycles. The first-order chi connectivity index (χ1) is 24.9. The van der Waals surface area contributed by atoms with Crippen LogP contribution in [0.2, 0.25) is 0 Å². The molecule has 52 heavy (non-hydrogen) atoms. The summed E-state index contributed by atoms with van der Waals surface area (Å²) >= 11 is 0. The quantitative estimate of drug-likeness (QED) is 0.166. The van der Waals surface area contributed by atoms with Crippen LogP contribution in [-0.2, 0) is 27.2 Å². The van der Waals surface area contributed by atoms with Crippen LogP contribution in [0.15, 0.2) is 146 Å². The Morgan fingerprint density at radius 1 is 0.615 bits per heavy atom. The zero-order valence-corrected chi connectivity index (χ0v) is 29.3. The predicted molar refractivity (Wildman–Crippen MR) is 196 cm³/mol. The SMILES string of the molecule is FC(F)(F)c1cccc(-n2c(-c3cccc4c3[n-]c3ccccc34)nc3c(-c4[c-]c5c(cc4)c4ccccc4n5-c4ccccn4)cccc32)c1.[Pt+2]. The van der Waals surface area contributed by atoms with E-state index in [4.69, 9.17) is 9.97 Å². The van der Waals surface area contributed by atoms with Gasteiger partial charge in [0.15, 0.2) is 0 Å². The number of halogens is 3. The molecule has 4 heterocycles. The number of para-hydroxylation sites is 4. The van der Waals surface area contributed by atoms with Crippen LogP contribution in [0.3, 0.4) is 0 Å². The molecule has 0 fully saturated rings. The van der Waals surface area contributed by atoms with Gasteiger partial charge in [-0.1, -0.05) is 95.9 Å². The number of rotatable bonds is 4. The number of imidazole rings is 1. The van der Waals surface area contributed by atoms with Crippen molar-refractivity contribution in [2.24, 2.45) is 0 Å². The molecule has 0 saturated heterocycles. The number of benzene rings is 6. The van der Waals surface area contributed by atoms with E-state index >= 15 is 0 Å². The maximum Gasteiger partial charge on any atom is 2.00 e. The molecule has 10 rings (SSSR count). The first kappa shape index (κ1) is 32.0. The molecular formula is C43H24F3N5Pt. The topological polar surface area (TPSA) is 49.7 Å². The minimum atomic E-state index is -4.51. The molecular weight excluding hydrogens is 839 g/mol. The van der Waals surface area contributed by atoms with Crippen molar-refractivity contribution >= 4 is 54.6 Å². The second kappa shape index (κ2) is 12.1. The summed E-state index contributed by atoms with van der Waals surface area (Å²) in [6, 6.07) is 46.8. The van der Waals surface area contributed by atoms with Gasteiger partial charge in [0.1, 0.15) is 11.6 Å². The van der Waals surface area contributed by atoms with E-state index in [-0.39, 0.29) is 21.1 Å². The fraction of sp³-hybridized carbons (Fsp3) is 0.0233. The summed E-state index contributed by atoms with van der Waals surface area (Å²) < 4.78 is 46.1. The zero-order valence-electron chi connectivity index (χ0n) is 27.0. The van der Waals surface area contributed by atoms with Gasteiger partial charge in [0.2, 0.25) is 0 Å². The third-order valence-electron chi connectivity index (χ3n) is 9.57. The van der Waals surface area contributed by atoms with Gasteiger partial charge in [-0.25, -0.2) is 9.97 Å². The Morgan fingerprint density at radius 2 is 1.35 bits per heavy atom. The molecule has 0 saturated carbocycles. The van der Waals surface area contributed by atoms with Gasteiger partial charge in [0.05, 0.1) is 16.6 Å². The molecule has 0 bridgehead atoms. The van der Waals surface area contributed by atoms with Gasteiger partial charge in [-0.2, -0.15) is 13.2 Å². The van der Waals surface area contributed by atoms with E-state index in [1.807, 2.05) is 102 Å². The Balaban J connectivity index is 0.00000360. The van der Waals surface area contributed by atoms with E-state index < -0.39 is 11.7 Å². The van der Waals surface area contributed by atoms with Gasteiger partial charge in [-0.05, 0) is 64.1 Å². The van der Waals surface area contributed by atoms with Crippen molar-refractivity contribution in [3.05, 3.63) is 157 Å². The van der Waals surface area contributed by atoms with Crippen molar-refractivity contribution in [2.75, 3.05) is 0 Å². The number of nitrogens with zero attached hydrogens (tertiary/aromatic N) is 5. The predicted octanol–water partition coefficient (Wildman–Crippen LogP) is 10.9. The van der Waals surface area contributed by atoms with Gasteiger partial charge in [0.25, 0.3) is 0 Å². The molecule has 4 aromatic heterocycles. The van der Waals surface area contributed by atoms with Crippen LogP contribution in [-0.4, -0.2) is 19.1 Å². The largest absolute Gasteiger partial charge is 2.00 e. The van der Waals surface area contributed by atoms with Gasteiger partial charge in [-0.15, -0.1) is 34.8 Å². The molecule has 0 radical (unpaired) electrons. The molecule has 5 nitrogen and oxygen atoms in total. The fourth-order valence-electron chi connectivity index (χ4n) is 7.33. The third-order valence-corrected chi connectivity index (χ3v) is 9.57. The summed E-state index contributed by atoms with van der Waals surface area (Å²) in [5.74, 6) is 1.27. The summed E-state index contributed by atoms with van der Waals surface area (Å²) in [6.45, 7) is 0. The zero-order chi connectivity index (χ0) is 34.3. The van der Waals surface area contributed by atoms with Crippen molar-refractivity contribution in [1.82, 2.24) is 24.1 Å². The van der Waals surface area contributed by atoms with E-state index in [1.165, 1.54) is 12.1 Å². The summed E-state index contributed by atoms with van der Waals surface area (Å²) in [5, 5.41) is 4.07. The van der Waals surface area contributed by atoms with Crippen LogP contribution >= 0.6 is 0 Å². The molecule has 6 aromatic carbocycles. The number of aromatic nitrogens is 5. The van der Waals surface area contributed by atoms with Crippen LogP contribution in [0.4, 0.5) is 13.2 Å². The maximum atomic E-state index is 14.1. The van der Waals surface area contributed by atoms with E-state index in [0.29, 0.717) is 22.5 Å². The second-order valence-corrected chi connectivity index (χ2v) is 12.5. The van der Waals surface area contributed by atoms with Crippen molar-refractivity contribution in [1.29, 1.82) is 0 Å². The number of pyridine rings is 1. The molecule has 0 N–H and O–H groups in total. The molecule has 0 aliphatic heterocycles. The number of hydrogen-bond donors (Lipinski definition) is 0. The number of alkyl halides is 3. The van der Waals surface area contributed by atoms with Gasteiger partial charge in [0, 0.05) is 23.0 Å². The molecule has 252 valence electrons.